The summed E-state index contributed by atoms with van der Waals surface area (Å²) in [6, 6.07) is 8.28. The molecule has 1 aliphatic rings. The molecule has 2 unspecified atom stereocenters. The fourth-order valence-corrected chi connectivity index (χ4v) is 2.65. The van der Waals surface area contributed by atoms with Crippen LogP contribution in [0.5, 0.6) is 0 Å². The number of carbonyl (C=O) groups excluding carboxylic acids is 2. The first-order valence-electron chi connectivity index (χ1n) is 7.51. The number of para-hydroxylation sites is 1. The number of amides is 3. The topological polar surface area (TPSA) is 90.0 Å². The molecule has 1 aromatic carbocycles. The van der Waals surface area contributed by atoms with Crippen LogP contribution in [0.1, 0.15) is 19.8 Å². The molecular formula is C16H21N3O4. The Bertz CT molecular complexity index is 590. The van der Waals surface area contributed by atoms with Crippen molar-refractivity contribution in [3.63, 3.8) is 0 Å². The lowest BCUT2D eigenvalue weighted by Crippen LogP contribution is -2.47. The van der Waals surface area contributed by atoms with E-state index in [-0.39, 0.29) is 24.9 Å². The number of hydrogen-bond acceptors (Lipinski definition) is 3. The Morgan fingerprint density at radius 1 is 1.35 bits per heavy atom. The Labute approximate surface area is 134 Å². The maximum atomic E-state index is 12.5. The normalized spacial score (nSPS) is 20.4. The molecule has 2 atom stereocenters. The van der Waals surface area contributed by atoms with Crippen molar-refractivity contribution in [2.75, 3.05) is 18.5 Å². The van der Waals surface area contributed by atoms with Gasteiger partial charge in [0.1, 0.15) is 6.04 Å². The summed E-state index contributed by atoms with van der Waals surface area (Å²) in [6.07, 6.45) is 0.390. The van der Waals surface area contributed by atoms with E-state index in [4.69, 9.17) is 5.11 Å². The Kier molecular flexibility index (Phi) is 5.20. The van der Waals surface area contributed by atoms with Gasteiger partial charge in [-0.05, 0) is 25.5 Å². The van der Waals surface area contributed by atoms with E-state index in [9.17, 15) is 14.4 Å². The minimum atomic E-state index is -0.967. The highest BCUT2D eigenvalue weighted by molar-refractivity contribution is 6.01. The molecule has 7 heteroatoms. The van der Waals surface area contributed by atoms with Crippen LogP contribution in [0.2, 0.25) is 0 Å². The van der Waals surface area contributed by atoms with Crippen LogP contribution in [0, 0.1) is 0 Å². The molecule has 0 bridgehead atoms. The van der Waals surface area contributed by atoms with Crippen LogP contribution in [-0.4, -0.2) is 53.6 Å². The Morgan fingerprint density at radius 2 is 2.00 bits per heavy atom. The van der Waals surface area contributed by atoms with Crippen LogP contribution >= 0.6 is 0 Å². The standard InChI is InChI=1S/C16H21N3O4/c1-11-10-13(17-16(23)18(2)9-8-14(20)21)15(22)19(11)12-6-4-3-5-7-12/h3-7,11,13H,8-10H2,1-2H3,(H,17,23)(H,20,21). The fourth-order valence-electron chi connectivity index (χ4n) is 2.65. The Balaban J connectivity index is 1.98. The van der Waals surface area contributed by atoms with Gasteiger partial charge in [-0.15, -0.1) is 0 Å². The predicted molar refractivity (Wildman–Crippen MR) is 85.2 cm³/mol. The largest absolute Gasteiger partial charge is 0.481 e. The van der Waals surface area contributed by atoms with E-state index >= 15 is 0 Å². The molecule has 2 rings (SSSR count). The second-order valence-corrected chi connectivity index (χ2v) is 5.70. The number of aliphatic carboxylic acids is 1. The fraction of sp³-hybridized carbons (Fsp3) is 0.438. The zero-order valence-electron chi connectivity index (χ0n) is 13.2. The van der Waals surface area contributed by atoms with Gasteiger partial charge in [-0.2, -0.15) is 0 Å². The van der Waals surface area contributed by atoms with Gasteiger partial charge in [-0.25, -0.2) is 4.79 Å². The van der Waals surface area contributed by atoms with Crippen molar-refractivity contribution < 1.29 is 19.5 Å². The van der Waals surface area contributed by atoms with E-state index in [1.165, 1.54) is 11.9 Å². The van der Waals surface area contributed by atoms with Crippen LogP contribution < -0.4 is 10.2 Å². The number of hydrogen-bond donors (Lipinski definition) is 2. The van der Waals surface area contributed by atoms with Crippen molar-refractivity contribution >= 4 is 23.6 Å². The zero-order valence-corrected chi connectivity index (χ0v) is 13.2. The van der Waals surface area contributed by atoms with Crippen LogP contribution in [0.3, 0.4) is 0 Å². The maximum absolute atomic E-state index is 12.5. The van der Waals surface area contributed by atoms with Gasteiger partial charge in [-0.3, -0.25) is 9.59 Å². The highest BCUT2D eigenvalue weighted by Gasteiger charge is 2.39. The molecule has 1 aromatic rings. The summed E-state index contributed by atoms with van der Waals surface area (Å²) in [5.41, 5.74) is 0.806. The van der Waals surface area contributed by atoms with Crippen molar-refractivity contribution in [3.8, 4) is 0 Å². The third kappa shape index (κ3) is 4.00. The van der Waals surface area contributed by atoms with Crippen LogP contribution in [0.25, 0.3) is 0 Å². The SMILES string of the molecule is CC1CC(NC(=O)N(C)CCC(=O)O)C(=O)N1c1ccccc1. The zero-order chi connectivity index (χ0) is 17.0. The van der Waals surface area contributed by atoms with E-state index in [0.717, 1.165) is 5.69 Å². The molecule has 0 aliphatic carbocycles. The van der Waals surface area contributed by atoms with Gasteiger partial charge in [0, 0.05) is 25.3 Å². The highest BCUT2D eigenvalue weighted by atomic mass is 16.4. The Hall–Kier alpha value is -2.57. The molecule has 0 saturated carbocycles. The molecule has 1 saturated heterocycles. The van der Waals surface area contributed by atoms with Crippen molar-refractivity contribution in [3.05, 3.63) is 30.3 Å². The second kappa shape index (κ2) is 7.13. The first-order chi connectivity index (χ1) is 10.9. The first kappa shape index (κ1) is 16.8. The van der Waals surface area contributed by atoms with Crippen molar-refractivity contribution in [1.82, 2.24) is 10.2 Å². The van der Waals surface area contributed by atoms with E-state index in [0.29, 0.717) is 6.42 Å². The number of carbonyl (C=O) groups is 3. The third-order valence-corrected chi connectivity index (χ3v) is 3.89. The summed E-state index contributed by atoms with van der Waals surface area (Å²) >= 11 is 0. The van der Waals surface area contributed by atoms with Crippen LogP contribution in [-0.2, 0) is 9.59 Å². The molecule has 7 nitrogen and oxygen atoms in total. The monoisotopic (exact) mass is 319 g/mol. The minimum absolute atomic E-state index is 0.0143. The number of carboxylic acids is 1. The first-order valence-corrected chi connectivity index (χ1v) is 7.51. The van der Waals surface area contributed by atoms with Crippen molar-refractivity contribution in [2.24, 2.45) is 0 Å². The maximum Gasteiger partial charge on any atom is 0.317 e. The molecular weight excluding hydrogens is 298 g/mol. The van der Waals surface area contributed by atoms with Crippen LogP contribution in [0.4, 0.5) is 10.5 Å². The van der Waals surface area contributed by atoms with E-state index in [1.807, 2.05) is 37.3 Å². The van der Waals surface area contributed by atoms with Gasteiger partial charge in [0.05, 0.1) is 6.42 Å². The number of nitrogens with one attached hydrogen (secondary N) is 1. The number of nitrogens with zero attached hydrogens (tertiary/aromatic N) is 2. The van der Waals surface area contributed by atoms with Gasteiger partial charge in [0.15, 0.2) is 0 Å². The summed E-state index contributed by atoms with van der Waals surface area (Å²) in [5.74, 6) is -1.12. The van der Waals surface area contributed by atoms with E-state index in [2.05, 4.69) is 5.32 Å². The number of urea groups is 1. The van der Waals surface area contributed by atoms with Gasteiger partial charge in [-0.1, -0.05) is 18.2 Å². The van der Waals surface area contributed by atoms with Crippen molar-refractivity contribution in [2.45, 2.75) is 31.8 Å². The average molecular weight is 319 g/mol. The van der Waals surface area contributed by atoms with Gasteiger partial charge >= 0.3 is 12.0 Å². The van der Waals surface area contributed by atoms with E-state index in [1.54, 1.807) is 4.90 Å². The molecule has 124 valence electrons. The molecule has 3 amide bonds. The molecule has 0 aromatic heterocycles. The highest BCUT2D eigenvalue weighted by Crippen LogP contribution is 2.26. The summed E-state index contributed by atoms with van der Waals surface area (Å²) < 4.78 is 0. The molecule has 0 radical (unpaired) electrons. The summed E-state index contributed by atoms with van der Waals surface area (Å²) in [5, 5.41) is 11.3. The number of rotatable bonds is 5. The number of benzene rings is 1. The molecule has 1 aliphatic heterocycles. The van der Waals surface area contributed by atoms with Crippen LogP contribution in [0.15, 0.2) is 30.3 Å². The lowest BCUT2D eigenvalue weighted by atomic mass is 10.2. The summed E-state index contributed by atoms with van der Waals surface area (Å²) in [7, 11) is 1.51. The molecule has 1 fully saturated rings. The van der Waals surface area contributed by atoms with Gasteiger partial charge in [0.2, 0.25) is 5.91 Å². The number of anilines is 1. The van der Waals surface area contributed by atoms with Gasteiger partial charge in [0.25, 0.3) is 0 Å². The molecule has 0 spiro atoms. The lowest BCUT2D eigenvalue weighted by molar-refractivity contribution is -0.137. The third-order valence-electron chi connectivity index (χ3n) is 3.89. The lowest BCUT2D eigenvalue weighted by Gasteiger charge is -2.22. The number of carboxylic acid groups (broad SMARTS) is 1. The minimum Gasteiger partial charge on any atom is -0.481 e. The molecule has 1 heterocycles. The Morgan fingerprint density at radius 3 is 2.61 bits per heavy atom. The quantitative estimate of drug-likeness (QED) is 0.856. The summed E-state index contributed by atoms with van der Waals surface area (Å²) in [6.45, 7) is 2.03. The van der Waals surface area contributed by atoms with Gasteiger partial charge < -0.3 is 20.2 Å². The predicted octanol–water partition coefficient (Wildman–Crippen LogP) is 1.30. The summed E-state index contributed by atoms with van der Waals surface area (Å²) in [4.78, 5) is 38.1. The molecule has 2 N–H and O–H groups in total. The van der Waals surface area contributed by atoms with E-state index < -0.39 is 18.0 Å². The molecule has 23 heavy (non-hydrogen) atoms. The van der Waals surface area contributed by atoms with Crippen molar-refractivity contribution in [1.29, 1.82) is 0 Å². The average Bonchev–Trinajstić information content (AvgIpc) is 2.79. The smallest absolute Gasteiger partial charge is 0.317 e. The second-order valence-electron chi connectivity index (χ2n) is 5.70.